The molecule has 0 bridgehead atoms. The molecule has 1 aromatic carbocycles. The van der Waals surface area contributed by atoms with Crippen LogP contribution in [0.3, 0.4) is 0 Å². The number of rotatable bonds is 16. The van der Waals surface area contributed by atoms with Gasteiger partial charge in [0.1, 0.15) is 18.1 Å². The first kappa shape index (κ1) is 30.4. The lowest BCUT2D eigenvalue weighted by Gasteiger charge is -2.24. The predicted octanol–water partition coefficient (Wildman–Crippen LogP) is -1.80. The fourth-order valence-corrected chi connectivity index (χ4v) is 3.54. The number of carbonyl (C=O) groups is 6. The van der Waals surface area contributed by atoms with Gasteiger partial charge in [0.15, 0.2) is 0 Å². The highest BCUT2D eigenvalue weighted by molar-refractivity contribution is 7.98. The predicted molar refractivity (Wildman–Crippen MR) is 131 cm³/mol. The smallest absolute Gasteiger partial charge is 0.326 e. The molecule has 4 unspecified atom stereocenters. The molecule has 4 amide bonds. The zero-order valence-electron chi connectivity index (χ0n) is 19.6. The third-order valence-corrected chi connectivity index (χ3v) is 5.55. The number of nitrogens with one attached hydrogen (secondary N) is 3. The number of aliphatic carboxylic acids is 2. The van der Waals surface area contributed by atoms with Gasteiger partial charge in [-0.25, -0.2) is 4.79 Å². The third-order valence-electron chi connectivity index (χ3n) is 4.91. The van der Waals surface area contributed by atoms with Crippen molar-refractivity contribution < 1.29 is 39.0 Å². The van der Waals surface area contributed by atoms with E-state index in [9.17, 15) is 33.9 Å². The zero-order valence-corrected chi connectivity index (χ0v) is 20.5. The Bertz CT molecular complexity index is 946. The summed E-state index contributed by atoms with van der Waals surface area (Å²) in [4.78, 5) is 72.2. The van der Waals surface area contributed by atoms with Crippen LogP contribution in [-0.2, 0) is 35.2 Å². The Labute approximate surface area is 211 Å². The molecule has 9 N–H and O–H groups in total. The molecule has 0 heterocycles. The van der Waals surface area contributed by atoms with Crippen molar-refractivity contribution >= 4 is 47.3 Å². The van der Waals surface area contributed by atoms with Gasteiger partial charge in [-0.3, -0.25) is 24.0 Å². The Balaban J connectivity index is 2.96. The lowest BCUT2D eigenvalue weighted by molar-refractivity contribution is -0.144. The second-order valence-corrected chi connectivity index (χ2v) is 8.85. The summed E-state index contributed by atoms with van der Waals surface area (Å²) >= 11 is 1.35. The van der Waals surface area contributed by atoms with Gasteiger partial charge in [-0.1, -0.05) is 30.3 Å². The van der Waals surface area contributed by atoms with Crippen LogP contribution in [-0.4, -0.2) is 82.0 Å². The van der Waals surface area contributed by atoms with Crippen LogP contribution in [0, 0.1) is 0 Å². The molecule has 0 saturated carbocycles. The van der Waals surface area contributed by atoms with E-state index in [-0.39, 0.29) is 12.8 Å². The standard InChI is InChI=1S/C22H31N5O8S/c1-36-8-7-14(22(34)35)25-21(33)16(11-18(29)30)27-20(32)15(10-17(24)28)26-19(31)13(23)9-12-5-3-2-4-6-12/h2-6,13-16H,7-11,23H2,1H3,(H2,24,28)(H,25,33)(H,26,31)(H,27,32)(H,29,30)(H,34,35). The van der Waals surface area contributed by atoms with Gasteiger partial charge in [0.2, 0.25) is 23.6 Å². The molecule has 0 aliphatic heterocycles. The number of carbonyl (C=O) groups excluding carboxylic acids is 4. The molecular formula is C22H31N5O8S. The average molecular weight is 526 g/mol. The molecule has 0 aliphatic carbocycles. The first-order valence-corrected chi connectivity index (χ1v) is 12.3. The van der Waals surface area contributed by atoms with Crippen LogP contribution < -0.4 is 27.4 Å². The minimum Gasteiger partial charge on any atom is -0.481 e. The maximum absolute atomic E-state index is 12.8. The second kappa shape index (κ2) is 15.4. The van der Waals surface area contributed by atoms with Crippen LogP contribution in [0.4, 0.5) is 0 Å². The molecule has 0 saturated heterocycles. The highest BCUT2D eigenvalue weighted by Gasteiger charge is 2.32. The van der Waals surface area contributed by atoms with Crippen molar-refractivity contribution in [2.75, 3.05) is 12.0 Å². The summed E-state index contributed by atoms with van der Waals surface area (Å²) in [6.07, 6.45) is 0.413. The molecular weight excluding hydrogens is 494 g/mol. The number of carboxylic acids is 2. The van der Waals surface area contributed by atoms with E-state index in [1.807, 2.05) is 0 Å². The van der Waals surface area contributed by atoms with Gasteiger partial charge in [-0.2, -0.15) is 11.8 Å². The molecule has 198 valence electrons. The van der Waals surface area contributed by atoms with Crippen molar-refractivity contribution in [3.05, 3.63) is 35.9 Å². The van der Waals surface area contributed by atoms with Crippen molar-refractivity contribution in [3.8, 4) is 0 Å². The van der Waals surface area contributed by atoms with Gasteiger partial charge in [-0.15, -0.1) is 0 Å². The van der Waals surface area contributed by atoms with Gasteiger partial charge in [0.05, 0.1) is 18.9 Å². The number of nitrogens with two attached hydrogens (primary N) is 2. The minimum absolute atomic E-state index is 0.0651. The van der Waals surface area contributed by atoms with E-state index in [1.54, 1.807) is 36.6 Å². The fourth-order valence-electron chi connectivity index (χ4n) is 3.07. The van der Waals surface area contributed by atoms with E-state index in [0.717, 1.165) is 5.56 Å². The van der Waals surface area contributed by atoms with Crippen LogP contribution in [0.25, 0.3) is 0 Å². The lowest BCUT2D eigenvalue weighted by Crippen LogP contribution is -2.58. The summed E-state index contributed by atoms with van der Waals surface area (Å²) < 4.78 is 0. The molecule has 1 aromatic rings. The monoisotopic (exact) mass is 525 g/mol. The normalized spacial score (nSPS) is 13.9. The van der Waals surface area contributed by atoms with E-state index in [2.05, 4.69) is 16.0 Å². The maximum atomic E-state index is 12.8. The zero-order chi connectivity index (χ0) is 27.3. The van der Waals surface area contributed by atoms with Crippen molar-refractivity contribution in [2.45, 2.75) is 49.9 Å². The second-order valence-electron chi connectivity index (χ2n) is 7.87. The molecule has 0 radical (unpaired) electrons. The quantitative estimate of drug-likeness (QED) is 0.128. The summed E-state index contributed by atoms with van der Waals surface area (Å²) in [6, 6.07) is 3.17. The summed E-state index contributed by atoms with van der Waals surface area (Å²) in [5, 5.41) is 25.1. The molecule has 0 fully saturated rings. The highest BCUT2D eigenvalue weighted by Crippen LogP contribution is 2.05. The van der Waals surface area contributed by atoms with E-state index in [1.165, 1.54) is 11.8 Å². The van der Waals surface area contributed by atoms with E-state index < -0.39 is 72.6 Å². The first-order valence-electron chi connectivity index (χ1n) is 10.9. The van der Waals surface area contributed by atoms with Crippen molar-refractivity contribution in [1.82, 2.24) is 16.0 Å². The van der Waals surface area contributed by atoms with Gasteiger partial charge >= 0.3 is 11.9 Å². The summed E-state index contributed by atoms with van der Waals surface area (Å²) in [5.74, 6) is -6.22. The molecule has 0 aliphatic rings. The van der Waals surface area contributed by atoms with E-state index >= 15 is 0 Å². The molecule has 14 heteroatoms. The van der Waals surface area contributed by atoms with Gasteiger partial charge < -0.3 is 37.6 Å². The fraction of sp³-hybridized carbons (Fsp3) is 0.455. The molecule has 1 rings (SSSR count). The highest BCUT2D eigenvalue weighted by atomic mass is 32.2. The SMILES string of the molecule is CSCCC(NC(=O)C(CC(=O)O)NC(=O)C(CC(N)=O)NC(=O)C(N)Cc1ccccc1)C(=O)O. The molecule has 36 heavy (non-hydrogen) atoms. The van der Waals surface area contributed by atoms with Crippen molar-refractivity contribution in [1.29, 1.82) is 0 Å². The van der Waals surface area contributed by atoms with Crippen LogP contribution in [0.15, 0.2) is 30.3 Å². The van der Waals surface area contributed by atoms with Crippen molar-refractivity contribution in [2.24, 2.45) is 11.5 Å². The largest absolute Gasteiger partial charge is 0.481 e. The number of amides is 4. The molecule has 0 aromatic heterocycles. The Morgan fingerprint density at radius 2 is 1.39 bits per heavy atom. The first-order chi connectivity index (χ1) is 16.9. The maximum Gasteiger partial charge on any atom is 0.326 e. The lowest BCUT2D eigenvalue weighted by atomic mass is 10.0. The Morgan fingerprint density at radius 1 is 0.861 bits per heavy atom. The van der Waals surface area contributed by atoms with E-state index in [4.69, 9.17) is 16.6 Å². The summed E-state index contributed by atoms with van der Waals surface area (Å²) in [7, 11) is 0. The van der Waals surface area contributed by atoms with Gasteiger partial charge in [0, 0.05) is 0 Å². The average Bonchev–Trinajstić information content (AvgIpc) is 2.80. The number of hydrogen-bond acceptors (Lipinski definition) is 8. The van der Waals surface area contributed by atoms with Crippen LogP contribution >= 0.6 is 11.8 Å². The Morgan fingerprint density at radius 3 is 1.89 bits per heavy atom. The Kier molecular flexibility index (Phi) is 13.0. The minimum atomic E-state index is -1.68. The number of carboxylic acid groups (broad SMARTS) is 2. The van der Waals surface area contributed by atoms with Crippen LogP contribution in [0.2, 0.25) is 0 Å². The number of thioether (sulfide) groups is 1. The molecule has 13 nitrogen and oxygen atoms in total. The Hall–Kier alpha value is -3.65. The van der Waals surface area contributed by atoms with Crippen LogP contribution in [0.5, 0.6) is 0 Å². The summed E-state index contributed by atoms with van der Waals surface area (Å²) in [6.45, 7) is 0. The van der Waals surface area contributed by atoms with Gasteiger partial charge in [0.25, 0.3) is 0 Å². The van der Waals surface area contributed by atoms with Crippen LogP contribution in [0.1, 0.15) is 24.8 Å². The number of benzene rings is 1. The number of primary amides is 1. The number of hydrogen-bond donors (Lipinski definition) is 7. The van der Waals surface area contributed by atoms with Gasteiger partial charge in [-0.05, 0) is 30.4 Å². The molecule has 0 spiro atoms. The molecule has 4 atom stereocenters. The topological polar surface area (TPSA) is 231 Å². The van der Waals surface area contributed by atoms with Crippen molar-refractivity contribution in [3.63, 3.8) is 0 Å². The third kappa shape index (κ3) is 11.2. The summed E-state index contributed by atoms with van der Waals surface area (Å²) in [5.41, 5.74) is 11.8. The van der Waals surface area contributed by atoms with E-state index in [0.29, 0.717) is 5.75 Å².